The topological polar surface area (TPSA) is 55.3 Å². The van der Waals surface area contributed by atoms with Gasteiger partial charge in [0, 0.05) is 36.2 Å². The molecule has 0 unspecified atom stereocenters. The van der Waals surface area contributed by atoms with Crippen molar-refractivity contribution in [2.75, 3.05) is 20.2 Å². The molecule has 0 bridgehead atoms. The monoisotopic (exact) mass is 415 g/mol. The first-order valence-corrected chi connectivity index (χ1v) is 10.1. The zero-order valence-electron chi connectivity index (χ0n) is 15.8. The van der Waals surface area contributed by atoms with E-state index < -0.39 is 11.6 Å². The third-order valence-corrected chi connectivity index (χ3v) is 6.19. The molecule has 3 aromatic rings. The highest BCUT2D eigenvalue weighted by molar-refractivity contribution is 7.14. The number of likely N-dealkylation sites (tertiary alicyclic amines) is 1. The van der Waals surface area contributed by atoms with Crippen LogP contribution in [-0.4, -0.2) is 41.2 Å². The number of hydrogen-bond donors (Lipinski definition) is 0. The molecule has 1 aliphatic rings. The molecule has 5 nitrogen and oxygen atoms in total. The van der Waals surface area contributed by atoms with Crippen molar-refractivity contribution in [2.24, 2.45) is 0 Å². The van der Waals surface area contributed by atoms with E-state index in [1.165, 1.54) is 23.5 Å². The number of methoxy groups -OCH3 is 1. The minimum absolute atomic E-state index is 0.00237. The fraction of sp³-hybridized carbons (Fsp3) is 0.286. The summed E-state index contributed by atoms with van der Waals surface area (Å²) in [4.78, 5) is 14.5. The third kappa shape index (κ3) is 4.12. The lowest BCUT2D eigenvalue weighted by Crippen LogP contribution is -2.37. The maximum absolute atomic E-state index is 14.0. The van der Waals surface area contributed by atoms with Gasteiger partial charge < -0.3 is 9.64 Å². The Balaban J connectivity index is 1.40. The minimum Gasteiger partial charge on any atom is -0.497 e. The Kier molecular flexibility index (Phi) is 5.53. The van der Waals surface area contributed by atoms with Crippen LogP contribution in [0.3, 0.4) is 0 Å². The van der Waals surface area contributed by atoms with Crippen molar-refractivity contribution in [1.29, 1.82) is 0 Å². The van der Waals surface area contributed by atoms with E-state index in [-0.39, 0.29) is 17.4 Å². The molecule has 29 heavy (non-hydrogen) atoms. The standard InChI is InChI=1S/C21H19F2N3O2S/c1-28-16-5-2-14(3-6-16)21(27)26-10-8-13(9-11-26)19-24-25-20(29-19)17-7-4-15(22)12-18(17)23/h2-7,12-13H,8-11H2,1H3. The van der Waals surface area contributed by atoms with Crippen LogP contribution in [0.15, 0.2) is 42.5 Å². The Bertz CT molecular complexity index is 1020. The molecule has 1 saturated heterocycles. The summed E-state index contributed by atoms with van der Waals surface area (Å²) in [5, 5.41) is 9.56. The summed E-state index contributed by atoms with van der Waals surface area (Å²) < 4.78 is 32.2. The van der Waals surface area contributed by atoms with E-state index in [9.17, 15) is 13.6 Å². The lowest BCUT2D eigenvalue weighted by Gasteiger charge is -2.31. The molecule has 2 heterocycles. The third-order valence-electron chi connectivity index (χ3n) is 5.07. The van der Waals surface area contributed by atoms with Gasteiger partial charge in [-0.15, -0.1) is 10.2 Å². The molecule has 0 N–H and O–H groups in total. The van der Waals surface area contributed by atoms with E-state index in [1.54, 1.807) is 31.4 Å². The Labute approximate surface area is 171 Å². The molecule has 1 aliphatic heterocycles. The van der Waals surface area contributed by atoms with Crippen LogP contribution < -0.4 is 4.74 Å². The summed E-state index contributed by atoms with van der Waals surface area (Å²) in [6.07, 6.45) is 1.53. The van der Waals surface area contributed by atoms with Gasteiger partial charge in [0.2, 0.25) is 0 Å². The van der Waals surface area contributed by atoms with Gasteiger partial charge in [0.25, 0.3) is 5.91 Å². The second-order valence-corrected chi connectivity index (χ2v) is 7.87. The van der Waals surface area contributed by atoms with Gasteiger partial charge in [-0.2, -0.15) is 0 Å². The van der Waals surface area contributed by atoms with Gasteiger partial charge in [-0.05, 0) is 49.2 Å². The number of ether oxygens (including phenoxy) is 1. The number of rotatable bonds is 4. The van der Waals surface area contributed by atoms with E-state index in [4.69, 9.17) is 4.74 Å². The molecule has 8 heteroatoms. The van der Waals surface area contributed by atoms with Gasteiger partial charge in [-0.3, -0.25) is 4.79 Å². The number of halogens is 2. The second kappa shape index (κ2) is 8.24. The van der Waals surface area contributed by atoms with Gasteiger partial charge in [0.15, 0.2) is 5.01 Å². The van der Waals surface area contributed by atoms with E-state index >= 15 is 0 Å². The normalized spacial score (nSPS) is 14.8. The fourth-order valence-corrected chi connectivity index (χ4v) is 4.46. The van der Waals surface area contributed by atoms with Gasteiger partial charge in [0.1, 0.15) is 22.4 Å². The van der Waals surface area contributed by atoms with Crippen LogP contribution in [0, 0.1) is 11.6 Å². The number of carbonyl (C=O) groups excluding carboxylic acids is 1. The number of aromatic nitrogens is 2. The molecular weight excluding hydrogens is 396 g/mol. The average Bonchev–Trinajstić information content (AvgIpc) is 3.23. The molecule has 4 rings (SSSR count). The largest absolute Gasteiger partial charge is 0.497 e. The van der Waals surface area contributed by atoms with E-state index in [0.717, 1.165) is 23.9 Å². The highest BCUT2D eigenvalue weighted by Crippen LogP contribution is 2.34. The molecule has 150 valence electrons. The van der Waals surface area contributed by atoms with Crippen molar-refractivity contribution in [3.05, 3.63) is 64.7 Å². The average molecular weight is 415 g/mol. The van der Waals surface area contributed by atoms with Crippen LogP contribution in [-0.2, 0) is 0 Å². The number of piperidine rings is 1. The Morgan fingerprint density at radius 2 is 1.83 bits per heavy atom. The van der Waals surface area contributed by atoms with Gasteiger partial charge in [-0.25, -0.2) is 8.78 Å². The minimum atomic E-state index is -0.646. The second-order valence-electron chi connectivity index (χ2n) is 6.86. The number of carbonyl (C=O) groups is 1. The van der Waals surface area contributed by atoms with Crippen LogP contribution in [0.25, 0.3) is 10.6 Å². The van der Waals surface area contributed by atoms with Crippen LogP contribution >= 0.6 is 11.3 Å². The Hall–Kier alpha value is -2.87. The predicted octanol–water partition coefficient (Wildman–Crippen LogP) is 4.51. The summed E-state index contributed by atoms with van der Waals surface area (Å²) in [5.41, 5.74) is 0.886. The SMILES string of the molecule is COc1ccc(C(=O)N2CCC(c3nnc(-c4ccc(F)cc4F)s3)CC2)cc1. The number of amides is 1. The first-order chi connectivity index (χ1) is 14.0. The number of nitrogens with zero attached hydrogens (tertiary/aromatic N) is 3. The maximum atomic E-state index is 14.0. The smallest absolute Gasteiger partial charge is 0.253 e. The summed E-state index contributed by atoms with van der Waals surface area (Å²) >= 11 is 1.32. The Morgan fingerprint density at radius 3 is 2.48 bits per heavy atom. The van der Waals surface area contributed by atoms with Crippen molar-refractivity contribution in [3.8, 4) is 16.3 Å². The summed E-state index contributed by atoms with van der Waals surface area (Å²) in [7, 11) is 1.59. The molecule has 0 spiro atoms. The molecule has 0 aliphatic carbocycles. The molecule has 0 saturated carbocycles. The zero-order valence-corrected chi connectivity index (χ0v) is 16.6. The van der Waals surface area contributed by atoms with Crippen molar-refractivity contribution < 1.29 is 18.3 Å². The molecule has 1 fully saturated rings. The maximum Gasteiger partial charge on any atom is 0.253 e. The van der Waals surface area contributed by atoms with Crippen LogP contribution in [0.2, 0.25) is 0 Å². The van der Waals surface area contributed by atoms with Crippen molar-refractivity contribution >= 4 is 17.2 Å². The molecular formula is C21H19F2N3O2S. The number of hydrogen-bond acceptors (Lipinski definition) is 5. The van der Waals surface area contributed by atoms with Crippen molar-refractivity contribution in [2.45, 2.75) is 18.8 Å². The molecule has 2 aromatic carbocycles. The fourth-order valence-electron chi connectivity index (χ4n) is 3.42. The van der Waals surface area contributed by atoms with Crippen molar-refractivity contribution in [3.63, 3.8) is 0 Å². The molecule has 1 aromatic heterocycles. The Morgan fingerprint density at radius 1 is 1.10 bits per heavy atom. The predicted molar refractivity (Wildman–Crippen MR) is 106 cm³/mol. The van der Waals surface area contributed by atoms with E-state index in [2.05, 4.69) is 10.2 Å². The molecule has 0 radical (unpaired) electrons. The lowest BCUT2D eigenvalue weighted by atomic mass is 9.97. The summed E-state index contributed by atoms with van der Waals surface area (Å²) in [6, 6.07) is 10.5. The summed E-state index contributed by atoms with van der Waals surface area (Å²) in [5.74, 6) is -0.385. The van der Waals surface area contributed by atoms with Gasteiger partial charge in [0.05, 0.1) is 7.11 Å². The highest BCUT2D eigenvalue weighted by atomic mass is 32.1. The van der Waals surface area contributed by atoms with Gasteiger partial charge >= 0.3 is 0 Å². The van der Waals surface area contributed by atoms with Crippen molar-refractivity contribution in [1.82, 2.24) is 15.1 Å². The lowest BCUT2D eigenvalue weighted by molar-refractivity contribution is 0.0713. The number of benzene rings is 2. The van der Waals surface area contributed by atoms with Crippen LogP contribution in [0.5, 0.6) is 5.75 Å². The first-order valence-electron chi connectivity index (χ1n) is 9.27. The molecule has 0 atom stereocenters. The summed E-state index contributed by atoms with van der Waals surface area (Å²) in [6.45, 7) is 1.24. The quantitative estimate of drug-likeness (QED) is 0.629. The van der Waals surface area contributed by atoms with E-state index in [1.807, 2.05) is 4.90 Å². The van der Waals surface area contributed by atoms with Crippen LogP contribution in [0.1, 0.15) is 34.1 Å². The van der Waals surface area contributed by atoms with E-state index in [0.29, 0.717) is 29.4 Å². The highest BCUT2D eigenvalue weighted by Gasteiger charge is 2.27. The zero-order chi connectivity index (χ0) is 20.4. The van der Waals surface area contributed by atoms with Crippen LogP contribution in [0.4, 0.5) is 8.78 Å². The van der Waals surface area contributed by atoms with Gasteiger partial charge in [-0.1, -0.05) is 11.3 Å². The molecule has 1 amide bonds. The first kappa shape index (κ1) is 19.4.